The van der Waals surface area contributed by atoms with Gasteiger partial charge in [-0.15, -0.1) is 0 Å². The monoisotopic (exact) mass is 397 g/mol. The molecule has 2 heterocycles. The Morgan fingerprint density at radius 1 is 1.14 bits per heavy atom. The molecule has 7 nitrogen and oxygen atoms in total. The van der Waals surface area contributed by atoms with Crippen LogP contribution in [0.25, 0.3) is 11.3 Å². The van der Waals surface area contributed by atoms with Gasteiger partial charge in [0.1, 0.15) is 5.82 Å². The van der Waals surface area contributed by atoms with Crippen LogP contribution in [0.1, 0.15) is 13.3 Å². The molecule has 0 saturated carbocycles. The molecule has 28 heavy (non-hydrogen) atoms. The number of carbonyl (C=O) groups excluding carboxylic acids is 1. The maximum atomic E-state index is 10.8. The van der Waals surface area contributed by atoms with Gasteiger partial charge >= 0.3 is 5.97 Å². The van der Waals surface area contributed by atoms with E-state index in [4.69, 9.17) is 16.3 Å². The van der Waals surface area contributed by atoms with E-state index in [2.05, 4.69) is 25.6 Å². The van der Waals surface area contributed by atoms with Gasteiger partial charge in [-0.3, -0.25) is 4.79 Å². The zero-order valence-electron chi connectivity index (χ0n) is 15.4. The average molecular weight is 398 g/mol. The zero-order chi connectivity index (χ0) is 19.8. The van der Waals surface area contributed by atoms with Crippen molar-refractivity contribution < 1.29 is 9.53 Å². The number of hydrogen-bond donors (Lipinski definition) is 2. The van der Waals surface area contributed by atoms with Crippen LogP contribution in [0.15, 0.2) is 54.9 Å². The third kappa shape index (κ3) is 5.65. The summed E-state index contributed by atoms with van der Waals surface area (Å²) in [5.41, 5.74) is 2.39. The minimum atomic E-state index is -0.278. The number of pyridine rings is 1. The third-order valence-electron chi connectivity index (χ3n) is 3.74. The van der Waals surface area contributed by atoms with Gasteiger partial charge in [0.15, 0.2) is 0 Å². The molecule has 2 N–H and O–H groups in total. The van der Waals surface area contributed by atoms with E-state index in [9.17, 15) is 4.79 Å². The SMILES string of the molecule is CC(=O)OCCCNc1ncccc1-c1ccnc(Nc2cccc(Cl)c2)n1. The van der Waals surface area contributed by atoms with Crippen molar-refractivity contribution in [2.45, 2.75) is 13.3 Å². The Morgan fingerprint density at radius 3 is 2.86 bits per heavy atom. The standard InChI is InChI=1S/C20H20ClN5O2/c1-14(27)28-12-4-10-23-19-17(7-3-9-22-19)18-8-11-24-20(26-18)25-16-6-2-5-15(21)13-16/h2-3,5-9,11,13H,4,10,12H2,1H3,(H,22,23)(H,24,25,26). The molecule has 3 rings (SSSR count). The maximum Gasteiger partial charge on any atom is 0.302 e. The minimum Gasteiger partial charge on any atom is -0.466 e. The summed E-state index contributed by atoms with van der Waals surface area (Å²) in [6, 6.07) is 13.0. The van der Waals surface area contributed by atoms with E-state index in [0.717, 1.165) is 16.9 Å². The molecular weight excluding hydrogens is 378 g/mol. The maximum absolute atomic E-state index is 10.8. The van der Waals surface area contributed by atoms with Crippen LogP contribution in [0, 0.1) is 0 Å². The molecule has 0 atom stereocenters. The first kappa shape index (κ1) is 19.6. The minimum absolute atomic E-state index is 0.278. The van der Waals surface area contributed by atoms with Crippen LogP contribution in [0.4, 0.5) is 17.5 Å². The van der Waals surface area contributed by atoms with Crippen LogP contribution in [0.5, 0.6) is 0 Å². The van der Waals surface area contributed by atoms with Crippen molar-refractivity contribution in [3.05, 3.63) is 59.9 Å². The first-order chi connectivity index (χ1) is 13.6. The molecule has 0 unspecified atom stereocenters. The molecule has 0 aliphatic rings. The summed E-state index contributed by atoms with van der Waals surface area (Å²) in [4.78, 5) is 24.1. The second-order valence-electron chi connectivity index (χ2n) is 5.92. The van der Waals surface area contributed by atoms with Crippen molar-refractivity contribution in [2.75, 3.05) is 23.8 Å². The highest BCUT2D eigenvalue weighted by atomic mass is 35.5. The molecular formula is C20H20ClN5O2. The van der Waals surface area contributed by atoms with Crippen LogP contribution >= 0.6 is 11.6 Å². The van der Waals surface area contributed by atoms with Crippen LogP contribution in [-0.2, 0) is 9.53 Å². The molecule has 1 aromatic carbocycles. The molecule has 0 saturated heterocycles. The molecule has 0 aliphatic heterocycles. The lowest BCUT2D eigenvalue weighted by Crippen LogP contribution is -2.09. The van der Waals surface area contributed by atoms with Crippen LogP contribution in [0.2, 0.25) is 5.02 Å². The summed E-state index contributed by atoms with van der Waals surface area (Å²) in [6.45, 7) is 2.39. The number of rotatable bonds is 8. The number of carbonyl (C=O) groups is 1. The van der Waals surface area contributed by atoms with Crippen LogP contribution in [-0.4, -0.2) is 34.1 Å². The third-order valence-corrected chi connectivity index (χ3v) is 3.97. The molecule has 2 aromatic heterocycles. The van der Waals surface area contributed by atoms with Crippen molar-refractivity contribution in [3.63, 3.8) is 0 Å². The second kappa shape index (κ2) is 9.66. The zero-order valence-corrected chi connectivity index (χ0v) is 16.1. The lowest BCUT2D eigenvalue weighted by Gasteiger charge is -2.11. The molecule has 0 radical (unpaired) electrons. The number of aromatic nitrogens is 3. The smallest absolute Gasteiger partial charge is 0.302 e. The van der Waals surface area contributed by atoms with Gasteiger partial charge in [0.2, 0.25) is 5.95 Å². The molecule has 0 bridgehead atoms. The van der Waals surface area contributed by atoms with Crippen molar-refractivity contribution in [2.24, 2.45) is 0 Å². The predicted molar refractivity (Wildman–Crippen MR) is 110 cm³/mol. The number of nitrogens with one attached hydrogen (secondary N) is 2. The summed E-state index contributed by atoms with van der Waals surface area (Å²) in [6.07, 6.45) is 4.08. The number of hydrogen-bond acceptors (Lipinski definition) is 7. The largest absolute Gasteiger partial charge is 0.466 e. The van der Waals surface area contributed by atoms with Gasteiger partial charge in [0.25, 0.3) is 0 Å². The molecule has 8 heteroatoms. The summed E-state index contributed by atoms with van der Waals surface area (Å²) in [7, 11) is 0. The summed E-state index contributed by atoms with van der Waals surface area (Å²) < 4.78 is 4.94. The van der Waals surface area contributed by atoms with Gasteiger partial charge in [-0.1, -0.05) is 17.7 Å². The van der Waals surface area contributed by atoms with Crippen molar-refractivity contribution >= 4 is 35.0 Å². The number of benzene rings is 1. The van der Waals surface area contributed by atoms with Gasteiger partial charge in [-0.2, -0.15) is 0 Å². The summed E-state index contributed by atoms with van der Waals surface area (Å²) >= 11 is 6.02. The van der Waals surface area contributed by atoms with E-state index >= 15 is 0 Å². The van der Waals surface area contributed by atoms with E-state index in [-0.39, 0.29) is 5.97 Å². The molecule has 3 aromatic rings. The van der Waals surface area contributed by atoms with Gasteiger partial charge < -0.3 is 15.4 Å². The lowest BCUT2D eigenvalue weighted by molar-refractivity contribution is -0.140. The Balaban J connectivity index is 1.72. The highest BCUT2D eigenvalue weighted by Crippen LogP contribution is 2.25. The van der Waals surface area contributed by atoms with Crippen LogP contribution in [0.3, 0.4) is 0 Å². The van der Waals surface area contributed by atoms with Gasteiger partial charge in [0.05, 0.1) is 12.3 Å². The van der Waals surface area contributed by atoms with Crippen molar-refractivity contribution in [3.8, 4) is 11.3 Å². The first-order valence-electron chi connectivity index (χ1n) is 8.80. The van der Waals surface area contributed by atoms with Crippen molar-refractivity contribution in [1.82, 2.24) is 15.0 Å². The number of ether oxygens (including phenoxy) is 1. The Labute approximate surface area is 168 Å². The first-order valence-corrected chi connectivity index (χ1v) is 9.18. The number of anilines is 3. The molecule has 0 aliphatic carbocycles. The Hall–Kier alpha value is -3.19. The molecule has 0 spiro atoms. The Morgan fingerprint density at radius 2 is 2.04 bits per heavy atom. The fourth-order valence-electron chi connectivity index (χ4n) is 2.51. The van der Waals surface area contributed by atoms with Crippen LogP contribution < -0.4 is 10.6 Å². The molecule has 144 valence electrons. The van der Waals surface area contributed by atoms with Gasteiger partial charge in [-0.05, 0) is 42.8 Å². The second-order valence-corrected chi connectivity index (χ2v) is 6.36. The highest BCUT2D eigenvalue weighted by molar-refractivity contribution is 6.30. The number of esters is 1. The van der Waals surface area contributed by atoms with E-state index < -0.39 is 0 Å². The van der Waals surface area contributed by atoms with E-state index in [1.165, 1.54) is 6.92 Å². The normalized spacial score (nSPS) is 10.4. The predicted octanol–water partition coefficient (Wildman–Crippen LogP) is 4.30. The fourth-order valence-corrected chi connectivity index (χ4v) is 2.70. The Kier molecular flexibility index (Phi) is 6.75. The fraction of sp³-hybridized carbons (Fsp3) is 0.200. The number of halogens is 1. The quantitative estimate of drug-likeness (QED) is 0.432. The van der Waals surface area contributed by atoms with Gasteiger partial charge in [-0.25, -0.2) is 15.0 Å². The topological polar surface area (TPSA) is 89.0 Å². The van der Waals surface area contributed by atoms with E-state index in [0.29, 0.717) is 36.4 Å². The molecule has 0 amide bonds. The lowest BCUT2D eigenvalue weighted by atomic mass is 10.2. The van der Waals surface area contributed by atoms with E-state index in [1.807, 2.05) is 30.3 Å². The highest BCUT2D eigenvalue weighted by Gasteiger charge is 2.09. The van der Waals surface area contributed by atoms with Gasteiger partial charge in [0, 0.05) is 42.1 Å². The summed E-state index contributed by atoms with van der Waals surface area (Å²) in [5.74, 6) is 0.890. The summed E-state index contributed by atoms with van der Waals surface area (Å²) in [5, 5.41) is 7.04. The van der Waals surface area contributed by atoms with E-state index in [1.54, 1.807) is 24.5 Å². The Bertz CT molecular complexity index is 951. The molecule has 0 fully saturated rings. The average Bonchev–Trinajstić information content (AvgIpc) is 2.68. The van der Waals surface area contributed by atoms with Crippen molar-refractivity contribution in [1.29, 1.82) is 0 Å². The number of nitrogens with zero attached hydrogens (tertiary/aromatic N) is 3.